The van der Waals surface area contributed by atoms with Crippen molar-refractivity contribution in [3.05, 3.63) is 48.3 Å². The number of benzene rings is 1. The second kappa shape index (κ2) is 6.81. The van der Waals surface area contributed by atoms with Crippen LogP contribution in [0.15, 0.2) is 36.9 Å². The summed E-state index contributed by atoms with van der Waals surface area (Å²) in [5, 5.41) is 15.9. The number of aliphatic hydroxyl groups is 1. The van der Waals surface area contributed by atoms with Crippen molar-refractivity contribution in [3.63, 3.8) is 0 Å². The lowest BCUT2D eigenvalue weighted by Gasteiger charge is -2.20. The van der Waals surface area contributed by atoms with Gasteiger partial charge in [0, 0.05) is 24.2 Å². The van der Waals surface area contributed by atoms with Crippen LogP contribution in [0.3, 0.4) is 0 Å². The summed E-state index contributed by atoms with van der Waals surface area (Å²) in [6.07, 6.45) is 1.63. The number of carbonyl (C=O) groups is 1. The molecule has 0 radical (unpaired) electrons. The van der Waals surface area contributed by atoms with Crippen molar-refractivity contribution in [1.29, 1.82) is 0 Å². The minimum absolute atomic E-state index is 0.0839. The topological polar surface area (TPSA) is 82.1 Å². The van der Waals surface area contributed by atoms with Gasteiger partial charge < -0.3 is 10.0 Å². The molecular formula is C15H18N4O2. The number of aromatic amines is 1. The molecule has 0 aliphatic rings. The zero-order chi connectivity index (χ0) is 15.2. The monoisotopic (exact) mass is 286 g/mol. The van der Waals surface area contributed by atoms with Gasteiger partial charge in [0.2, 0.25) is 0 Å². The van der Waals surface area contributed by atoms with Crippen LogP contribution < -0.4 is 0 Å². The molecule has 2 N–H and O–H groups in total. The Morgan fingerprint density at radius 2 is 2.33 bits per heavy atom. The summed E-state index contributed by atoms with van der Waals surface area (Å²) in [6, 6.07) is 7.12. The number of nitrogens with zero attached hydrogens (tertiary/aromatic N) is 3. The second-order valence-electron chi connectivity index (χ2n) is 4.59. The van der Waals surface area contributed by atoms with Gasteiger partial charge in [0.25, 0.3) is 5.91 Å². The van der Waals surface area contributed by atoms with Crippen LogP contribution in [0.2, 0.25) is 0 Å². The summed E-state index contributed by atoms with van der Waals surface area (Å²) < 4.78 is 0. The number of rotatable bonds is 6. The van der Waals surface area contributed by atoms with Crippen LogP contribution in [0, 0.1) is 6.92 Å². The highest BCUT2D eigenvalue weighted by Gasteiger charge is 2.15. The van der Waals surface area contributed by atoms with E-state index in [4.69, 9.17) is 5.11 Å². The van der Waals surface area contributed by atoms with Gasteiger partial charge in [0.1, 0.15) is 5.82 Å². The summed E-state index contributed by atoms with van der Waals surface area (Å²) in [7, 11) is 0. The lowest BCUT2D eigenvalue weighted by atomic mass is 10.1. The summed E-state index contributed by atoms with van der Waals surface area (Å²) in [4.78, 5) is 18.2. The quantitative estimate of drug-likeness (QED) is 0.786. The normalized spacial score (nSPS) is 10.4. The maximum atomic E-state index is 12.4. The maximum Gasteiger partial charge on any atom is 0.254 e. The van der Waals surface area contributed by atoms with Gasteiger partial charge in [0.05, 0.1) is 6.61 Å². The van der Waals surface area contributed by atoms with Gasteiger partial charge in [-0.2, -0.15) is 5.10 Å². The van der Waals surface area contributed by atoms with Crippen molar-refractivity contribution in [2.45, 2.75) is 6.92 Å². The van der Waals surface area contributed by atoms with Crippen LogP contribution in [-0.4, -0.2) is 50.8 Å². The first-order valence-electron chi connectivity index (χ1n) is 6.66. The summed E-state index contributed by atoms with van der Waals surface area (Å²) in [5.41, 5.74) is 1.30. The number of H-pyrrole nitrogens is 1. The molecule has 1 heterocycles. The van der Waals surface area contributed by atoms with Crippen LogP contribution in [0.25, 0.3) is 11.4 Å². The average Bonchev–Trinajstić information content (AvgIpc) is 2.93. The number of amides is 1. The molecule has 6 heteroatoms. The standard InChI is InChI=1S/C15H18N4O2/c1-3-7-19(8-9-20)15(21)13-6-4-5-12(10-13)14-16-11(2)17-18-14/h3-6,10,20H,1,7-9H2,2H3,(H,16,17,18). The Labute approximate surface area is 123 Å². The summed E-state index contributed by atoms with van der Waals surface area (Å²) >= 11 is 0. The van der Waals surface area contributed by atoms with Gasteiger partial charge in [-0.15, -0.1) is 6.58 Å². The fourth-order valence-corrected chi connectivity index (χ4v) is 2.00. The van der Waals surface area contributed by atoms with Crippen LogP contribution in [0.4, 0.5) is 0 Å². The Bertz CT molecular complexity index is 636. The third-order valence-electron chi connectivity index (χ3n) is 2.97. The van der Waals surface area contributed by atoms with E-state index in [1.165, 1.54) is 4.90 Å². The average molecular weight is 286 g/mol. The highest BCUT2D eigenvalue weighted by atomic mass is 16.3. The molecule has 21 heavy (non-hydrogen) atoms. The Balaban J connectivity index is 2.27. The molecule has 2 rings (SSSR count). The first-order valence-corrected chi connectivity index (χ1v) is 6.66. The first kappa shape index (κ1) is 14.9. The van der Waals surface area contributed by atoms with Crippen molar-refractivity contribution in [2.24, 2.45) is 0 Å². The number of nitrogens with one attached hydrogen (secondary N) is 1. The molecule has 0 saturated heterocycles. The third-order valence-corrected chi connectivity index (χ3v) is 2.97. The van der Waals surface area contributed by atoms with Gasteiger partial charge in [0.15, 0.2) is 5.82 Å². The van der Waals surface area contributed by atoms with E-state index in [0.29, 0.717) is 17.9 Å². The van der Waals surface area contributed by atoms with Crippen LogP contribution in [0.1, 0.15) is 16.2 Å². The molecule has 0 aliphatic heterocycles. The Morgan fingerprint density at radius 1 is 1.52 bits per heavy atom. The van der Waals surface area contributed by atoms with E-state index < -0.39 is 0 Å². The number of hydrogen-bond donors (Lipinski definition) is 2. The fraction of sp³-hybridized carbons (Fsp3) is 0.267. The molecule has 0 aliphatic carbocycles. The largest absolute Gasteiger partial charge is 0.395 e. The number of aliphatic hydroxyl groups excluding tert-OH is 1. The van der Waals surface area contributed by atoms with Crippen LogP contribution in [-0.2, 0) is 0 Å². The molecule has 0 atom stereocenters. The van der Waals surface area contributed by atoms with Gasteiger partial charge in [-0.05, 0) is 19.1 Å². The van der Waals surface area contributed by atoms with E-state index >= 15 is 0 Å². The van der Waals surface area contributed by atoms with E-state index in [2.05, 4.69) is 21.8 Å². The van der Waals surface area contributed by atoms with Crippen LogP contribution in [0.5, 0.6) is 0 Å². The lowest BCUT2D eigenvalue weighted by Crippen LogP contribution is -2.33. The van der Waals surface area contributed by atoms with Crippen molar-refractivity contribution >= 4 is 5.91 Å². The highest BCUT2D eigenvalue weighted by molar-refractivity contribution is 5.95. The van der Waals surface area contributed by atoms with E-state index in [0.717, 1.165) is 11.4 Å². The third kappa shape index (κ3) is 3.55. The fourth-order valence-electron chi connectivity index (χ4n) is 2.00. The van der Waals surface area contributed by atoms with Gasteiger partial charge in [-0.1, -0.05) is 18.2 Å². The maximum absolute atomic E-state index is 12.4. The van der Waals surface area contributed by atoms with E-state index in [1.807, 2.05) is 13.0 Å². The molecule has 0 spiro atoms. The number of aryl methyl sites for hydroxylation is 1. The lowest BCUT2D eigenvalue weighted by molar-refractivity contribution is 0.0743. The Hall–Kier alpha value is -2.47. The van der Waals surface area contributed by atoms with Crippen LogP contribution >= 0.6 is 0 Å². The summed E-state index contributed by atoms with van der Waals surface area (Å²) in [6.45, 7) is 6.03. The van der Waals surface area contributed by atoms with Gasteiger partial charge >= 0.3 is 0 Å². The Morgan fingerprint density at radius 3 is 2.95 bits per heavy atom. The SMILES string of the molecule is C=CCN(CCO)C(=O)c1cccc(-c2n[nH]c(C)n2)c1. The molecule has 0 unspecified atom stereocenters. The zero-order valence-electron chi connectivity index (χ0n) is 11.9. The van der Waals surface area contributed by atoms with Crippen molar-refractivity contribution in [1.82, 2.24) is 20.1 Å². The molecule has 0 saturated carbocycles. The molecule has 2 aromatic rings. The first-order chi connectivity index (χ1) is 10.2. The molecule has 1 aromatic heterocycles. The number of carbonyl (C=O) groups excluding carboxylic acids is 1. The molecule has 1 aromatic carbocycles. The predicted octanol–water partition coefficient (Wildman–Crippen LogP) is 1.40. The van der Waals surface area contributed by atoms with Crippen molar-refractivity contribution < 1.29 is 9.90 Å². The number of hydrogen-bond acceptors (Lipinski definition) is 4. The van der Waals surface area contributed by atoms with Gasteiger partial charge in [-0.25, -0.2) is 4.98 Å². The smallest absolute Gasteiger partial charge is 0.254 e. The highest BCUT2D eigenvalue weighted by Crippen LogP contribution is 2.17. The van der Waals surface area contributed by atoms with Gasteiger partial charge in [-0.3, -0.25) is 9.89 Å². The zero-order valence-corrected chi connectivity index (χ0v) is 11.9. The minimum Gasteiger partial charge on any atom is -0.395 e. The van der Waals surface area contributed by atoms with E-state index in [1.54, 1.807) is 24.3 Å². The predicted molar refractivity (Wildman–Crippen MR) is 79.7 cm³/mol. The van der Waals surface area contributed by atoms with E-state index in [-0.39, 0.29) is 19.1 Å². The minimum atomic E-state index is -0.155. The molecule has 1 amide bonds. The molecular weight excluding hydrogens is 268 g/mol. The molecule has 6 nitrogen and oxygen atoms in total. The molecule has 0 bridgehead atoms. The number of aromatic nitrogens is 3. The Kier molecular flexibility index (Phi) is 4.84. The van der Waals surface area contributed by atoms with Crippen molar-refractivity contribution in [3.8, 4) is 11.4 Å². The summed E-state index contributed by atoms with van der Waals surface area (Å²) in [5.74, 6) is 1.12. The molecule has 0 fully saturated rings. The van der Waals surface area contributed by atoms with Crippen molar-refractivity contribution in [2.75, 3.05) is 19.7 Å². The molecule has 110 valence electrons. The second-order valence-corrected chi connectivity index (χ2v) is 4.59. The van der Waals surface area contributed by atoms with E-state index in [9.17, 15) is 4.79 Å².